The molecule has 1 saturated heterocycles. The molecular formula is C14H19NO2. The lowest BCUT2D eigenvalue weighted by molar-refractivity contribution is 0.0600. The topological polar surface area (TPSA) is 39.2 Å². The molecule has 0 bridgehead atoms. The van der Waals surface area contributed by atoms with Crippen molar-refractivity contribution in [3.8, 4) is 0 Å². The number of rotatable bonds is 4. The van der Waals surface area contributed by atoms with Crippen LogP contribution >= 0.6 is 0 Å². The van der Waals surface area contributed by atoms with Gasteiger partial charge in [0, 0.05) is 37.6 Å². The molecule has 1 aliphatic heterocycles. The first-order chi connectivity index (χ1) is 8.31. The molecule has 0 aliphatic carbocycles. The Morgan fingerprint density at radius 3 is 2.94 bits per heavy atom. The van der Waals surface area contributed by atoms with Gasteiger partial charge in [0.05, 0.1) is 0 Å². The van der Waals surface area contributed by atoms with E-state index in [2.05, 4.69) is 11.9 Å². The summed E-state index contributed by atoms with van der Waals surface area (Å²) in [7, 11) is 0. The van der Waals surface area contributed by atoms with Crippen LogP contribution in [0.2, 0.25) is 0 Å². The molecule has 0 saturated carbocycles. The fourth-order valence-electron chi connectivity index (χ4n) is 2.30. The van der Waals surface area contributed by atoms with Crippen molar-refractivity contribution in [2.75, 3.05) is 13.2 Å². The van der Waals surface area contributed by atoms with Crippen LogP contribution < -0.4 is 0 Å². The Kier molecular flexibility index (Phi) is 4.26. The Labute approximate surface area is 102 Å². The van der Waals surface area contributed by atoms with E-state index in [1.807, 2.05) is 6.07 Å². The van der Waals surface area contributed by atoms with E-state index in [0.29, 0.717) is 12.3 Å². The van der Waals surface area contributed by atoms with E-state index in [-0.39, 0.29) is 5.78 Å². The van der Waals surface area contributed by atoms with Crippen LogP contribution in [0, 0.1) is 5.92 Å². The first-order valence-electron chi connectivity index (χ1n) is 6.35. The van der Waals surface area contributed by atoms with Gasteiger partial charge in [0.1, 0.15) is 0 Å². The first kappa shape index (κ1) is 12.2. The van der Waals surface area contributed by atoms with Gasteiger partial charge < -0.3 is 4.74 Å². The smallest absolute Gasteiger partial charge is 0.163 e. The lowest BCUT2D eigenvalue weighted by atomic mass is 9.90. The van der Waals surface area contributed by atoms with Gasteiger partial charge >= 0.3 is 0 Å². The van der Waals surface area contributed by atoms with Gasteiger partial charge in [0.15, 0.2) is 5.78 Å². The van der Waals surface area contributed by atoms with Gasteiger partial charge in [-0.25, -0.2) is 0 Å². The van der Waals surface area contributed by atoms with Crippen LogP contribution in [0.15, 0.2) is 18.5 Å². The highest BCUT2D eigenvalue weighted by Gasteiger charge is 2.19. The standard InChI is InChI=1S/C14H19NO2/c1-2-12-10-15-6-3-13(12)14(16)9-11-4-7-17-8-5-11/h3,6,10-11H,2,4-5,7-9H2,1H3. The number of hydrogen-bond donors (Lipinski definition) is 0. The maximum absolute atomic E-state index is 12.2. The number of aromatic nitrogens is 1. The highest BCUT2D eigenvalue weighted by atomic mass is 16.5. The third-order valence-corrected chi connectivity index (χ3v) is 3.40. The number of carbonyl (C=O) groups excluding carboxylic acids is 1. The minimum atomic E-state index is 0.260. The lowest BCUT2D eigenvalue weighted by Crippen LogP contribution is -2.19. The minimum absolute atomic E-state index is 0.260. The molecule has 17 heavy (non-hydrogen) atoms. The van der Waals surface area contributed by atoms with Gasteiger partial charge in [-0.2, -0.15) is 0 Å². The molecule has 3 nitrogen and oxygen atoms in total. The SMILES string of the molecule is CCc1cnccc1C(=O)CC1CCOCC1. The average Bonchev–Trinajstić information content (AvgIpc) is 2.40. The molecule has 1 aromatic rings. The fourth-order valence-corrected chi connectivity index (χ4v) is 2.30. The van der Waals surface area contributed by atoms with Gasteiger partial charge in [-0.05, 0) is 36.8 Å². The van der Waals surface area contributed by atoms with Crippen LogP contribution in [-0.4, -0.2) is 24.0 Å². The normalized spacial score (nSPS) is 17.0. The van der Waals surface area contributed by atoms with Gasteiger partial charge in [0.2, 0.25) is 0 Å². The lowest BCUT2D eigenvalue weighted by Gasteiger charge is -2.21. The van der Waals surface area contributed by atoms with Crippen LogP contribution in [0.4, 0.5) is 0 Å². The number of ether oxygens (including phenoxy) is 1. The fraction of sp³-hybridized carbons (Fsp3) is 0.571. The summed E-state index contributed by atoms with van der Waals surface area (Å²) in [6, 6.07) is 1.85. The summed E-state index contributed by atoms with van der Waals surface area (Å²) in [6.07, 6.45) is 7.05. The number of carbonyl (C=O) groups is 1. The van der Waals surface area contributed by atoms with Crippen LogP contribution in [-0.2, 0) is 11.2 Å². The summed E-state index contributed by atoms with van der Waals surface area (Å²) in [5.41, 5.74) is 1.92. The van der Waals surface area contributed by atoms with Crippen LogP contribution in [0.5, 0.6) is 0 Å². The first-order valence-corrected chi connectivity index (χ1v) is 6.35. The zero-order valence-electron chi connectivity index (χ0n) is 10.3. The molecule has 1 aliphatic rings. The number of hydrogen-bond acceptors (Lipinski definition) is 3. The minimum Gasteiger partial charge on any atom is -0.381 e. The van der Waals surface area contributed by atoms with Crippen LogP contribution in [0.3, 0.4) is 0 Å². The van der Waals surface area contributed by atoms with Gasteiger partial charge in [-0.3, -0.25) is 9.78 Å². The van der Waals surface area contributed by atoms with Crippen molar-refractivity contribution in [1.29, 1.82) is 0 Å². The highest BCUT2D eigenvalue weighted by molar-refractivity contribution is 5.97. The van der Waals surface area contributed by atoms with Crippen LogP contribution in [0.1, 0.15) is 42.1 Å². The molecule has 0 spiro atoms. The molecule has 2 heterocycles. The van der Waals surface area contributed by atoms with Crippen molar-refractivity contribution >= 4 is 5.78 Å². The van der Waals surface area contributed by atoms with Crippen molar-refractivity contribution in [2.45, 2.75) is 32.6 Å². The molecule has 0 aromatic carbocycles. The summed E-state index contributed by atoms with van der Waals surface area (Å²) in [4.78, 5) is 16.3. The van der Waals surface area contributed by atoms with E-state index >= 15 is 0 Å². The van der Waals surface area contributed by atoms with Crippen molar-refractivity contribution < 1.29 is 9.53 Å². The summed E-state index contributed by atoms with van der Waals surface area (Å²) >= 11 is 0. The maximum Gasteiger partial charge on any atom is 0.163 e. The number of nitrogens with zero attached hydrogens (tertiary/aromatic N) is 1. The van der Waals surface area contributed by atoms with Crippen molar-refractivity contribution in [3.05, 3.63) is 29.6 Å². The molecular weight excluding hydrogens is 214 g/mol. The molecule has 1 fully saturated rings. The van der Waals surface area contributed by atoms with E-state index in [4.69, 9.17) is 4.74 Å². The Hall–Kier alpha value is -1.22. The largest absolute Gasteiger partial charge is 0.381 e. The Bertz CT molecular complexity index is 384. The molecule has 2 rings (SSSR count). The van der Waals surface area contributed by atoms with Crippen LogP contribution in [0.25, 0.3) is 0 Å². The third kappa shape index (κ3) is 3.13. The quantitative estimate of drug-likeness (QED) is 0.750. The molecule has 1 aromatic heterocycles. The molecule has 0 atom stereocenters. The summed E-state index contributed by atoms with van der Waals surface area (Å²) in [5, 5.41) is 0. The highest BCUT2D eigenvalue weighted by Crippen LogP contribution is 2.21. The Morgan fingerprint density at radius 2 is 2.24 bits per heavy atom. The zero-order chi connectivity index (χ0) is 12.1. The molecule has 0 amide bonds. The summed E-state index contributed by atoms with van der Waals surface area (Å²) < 4.78 is 5.31. The van der Waals surface area contributed by atoms with E-state index in [9.17, 15) is 4.79 Å². The second kappa shape index (κ2) is 5.92. The van der Waals surface area contributed by atoms with Crippen molar-refractivity contribution in [2.24, 2.45) is 5.92 Å². The van der Waals surface area contributed by atoms with Gasteiger partial charge in [-0.1, -0.05) is 6.92 Å². The molecule has 3 heteroatoms. The Morgan fingerprint density at radius 1 is 1.47 bits per heavy atom. The van der Waals surface area contributed by atoms with E-state index in [0.717, 1.165) is 43.6 Å². The summed E-state index contributed by atoms with van der Waals surface area (Å²) in [5.74, 6) is 0.755. The monoisotopic (exact) mass is 233 g/mol. The molecule has 0 N–H and O–H groups in total. The number of aryl methyl sites for hydroxylation is 1. The van der Waals surface area contributed by atoms with E-state index in [1.54, 1.807) is 12.4 Å². The van der Waals surface area contributed by atoms with Gasteiger partial charge in [-0.15, -0.1) is 0 Å². The molecule has 92 valence electrons. The predicted octanol–water partition coefficient (Wildman–Crippen LogP) is 2.64. The number of pyridine rings is 1. The maximum atomic E-state index is 12.2. The van der Waals surface area contributed by atoms with E-state index in [1.165, 1.54) is 0 Å². The number of Topliss-reactive ketones (excluding diaryl/α,β-unsaturated/α-hetero) is 1. The average molecular weight is 233 g/mol. The molecule has 0 unspecified atom stereocenters. The van der Waals surface area contributed by atoms with E-state index < -0.39 is 0 Å². The van der Waals surface area contributed by atoms with Crippen molar-refractivity contribution in [1.82, 2.24) is 4.98 Å². The van der Waals surface area contributed by atoms with Crippen molar-refractivity contribution in [3.63, 3.8) is 0 Å². The second-order valence-corrected chi connectivity index (χ2v) is 4.57. The number of ketones is 1. The summed E-state index contributed by atoms with van der Waals surface area (Å²) in [6.45, 7) is 3.66. The van der Waals surface area contributed by atoms with Gasteiger partial charge in [0.25, 0.3) is 0 Å². The predicted molar refractivity (Wildman–Crippen MR) is 66.1 cm³/mol. The molecule has 0 radical (unpaired) electrons. The second-order valence-electron chi connectivity index (χ2n) is 4.57. The zero-order valence-corrected chi connectivity index (χ0v) is 10.3. The Balaban J connectivity index is 2.03. The third-order valence-electron chi connectivity index (χ3n) is 3.40.